The SMILES string of the molecule is CC[C@H]1CC[C@H](C2CC=C(c3cnc(-c4ccc(CN(CC(=O)O)C(=O)CNC(=O)Cc5ccc(OC(F)(F)F)cc5)cc4)nc3)CC2)CC1. The molecule has 1 atom stereocenters. The Labute approximate surface area is 290 Å². The molecule has 5 rings (SSSR count). The van der Waals surface area contributed by atoms with Crippen LogP contribution in [0.3, 0.4) is 0 Å². The van der Waals surface area contributed by atoms with Crippen LogP contribution >= 0.6 is 0 Å². The molecule has 2 N–H and O–H groups in total. The Morgan fingerprint density at radius 1 is 0.900 bits per heavy atom. The second kappa shape index (κ2) is 16.8. The Balaban J connectivity index is 1.11. The molecule has 9 nitrogen and oxygen atoms in total. The first-order valence-electron chi connectivity index (χ1n) is 17.2. The van der Waals surface area contributed by atoms with E-state index in [9.17, 15) is 32.7 Å². The van der Waals surface area contributed by atoms with Crippen LogP contribution in [-0.2, 0) is 27.3 Å². The average Bonchev–Trinajstić information content (AvgIpc) is 3.11. The van der Waals surface area contributed by atoms with Gasteiger partial charge in [0.2, 0.25) is 11.8 Å². The molecule has 266 valence electrons. The van der Waals surface area contributed by atoms with Crippen molar-refractivity contribution in [1.82, 2.24) is 20.2 Å². The molecular weight excluding hydrogens is 649 g/mol. The predicted octanol–water partition coefficient (Wildman–Crippen LogP) is 7.21. The fraction of sp³-hybridized carbons (Fsp3) is 0.447. The lowest BCUT2D eigenvalue weighted by Gasteiger charge is -2.35. The van der Waals surface area contributed by atoms with Gasteiger partial charge in [-0.2, -0.15) is 0 Å². The summed E-state index contributed by atoms with van der Waals surface area (Å²) in [5.74, 6) is 0.319. The van der Waals surface area contributed by atoms with Crippen molar-refractivity contribution in [1.29, 1.82) is 0 Å². The molecule has 2 aliphatic carbocycles. The number of nitrogens with one attached hydrogen (secondary N) is 1. The number of aromatic nitrogens is 2. The second-order valence-electron chi connectivity index (χ2n) is 13.2. The number of alkyl halides is 3. The molecule has 0 radical (unpaired) electrons. The third-order valence-corrected chi connectivity index (χ3v) is 9.83. The molecular formula is C38H43F3N4O5. The number of benzene rings is 2. The van der Waals surface area contributed by atoms with Crippen LogP contribution in [-0.4, -0.2) is 57.2 Å². The largest absolute Gasteiger partial charge is 0.573 e. The molecule has 50 heavy (non-hydrogen) atoms. The van der Waals surface area contributed by atoms with Crippen LogP contribution in [0.15, 0.2) is 67.0 Å². The Kier molecular flexibility index (Phi) is 12.3. The number of aliphatic carboxylic acids is 1. The number of ether oxygens (including phenoxy) is 1. The van der Waals surface area contributed by atoms with Gasteiger partial charge in [0.05, 0.1) is 13.0 Å². The Morgan fingerprint density at radius 2 is 1.56 bits per heavy atom. The quantitative estimate of drug-likeness (QED) is 0.194. The van der Waals surface area contributed by atoms with Crippen molar-refractivity contribution in [3.05, 3.63) is 83.7 Å². The molecule has 1 aromatic heterocycles. The normalized spacial score (nSPS) is 19.3. The first-order valence-corrected chi connectivity index (χ1v) is 17.2. The second-order valence-corrected chi connectivity index (χ2v) is 13.2. The highest BCUT2D eigenvalue weighted by Crippen LogP contribution is 2.41. The smallest absolute Gasteiger partial charge is 0.480 e. The summed E-state index contributed by atoms with van der Waals surface area (Å²) < 4.78 is 40.9. The van der Waals surface area contributed by atoms with E-state index in [2.05, 4.69) is 33.0 Å². The van der Waals surface area contributed by atoms with E-state index in [0.29, 0.717) is 17.0 Å². The van der Waals surface area contributed by atoms with Crippen LogP contribution in [0.5, 0.6) is 5.75 Å². The van der Waals surface area contributed by atoms with Crippen molar-refractivity contribution in [3.63, 3.8) is 0 Å². The molecule has 2 amide bonds. The first-order chi connectivity index (χ1) is 24.0. The van der Waals surface area contributed by atoms with Gasteiger partial charge in [0.1, 0.15) is 12.3 Å². The van der Waals surface area contributed by atoms with Gasteiger partial charge in [-0.05, 0) is 78.7 Å². The van der Waals surface area contributed by atoms with Crippen LogP contribution in [0, 0.1) is 17.8 Å². The summed E-state index contributed by atoms with van der Waals surface area (Å²) in [6, 6.07) is 12.0. The lowest BCUT2D eigenvalue weighted by atomic mass is 9.71. The van der Waals surface area contributed by atoms with Gasteiger partial charge in [0.15, 0.2) is 5.82 Å². The minimum atomic E-state index is -4.83. The highest BCUT2D eigenvalue weighted by atomic mass is 19.4. The van der Waals surface area contributed by atoms with E-state index in [0.717, 1.165) is 58.8 Å². The number of carboxylic acid groups (broad SMARTS) is 1. The van der Waals surface area contributed by atoms with E-state index in [1.807, 2.05) is 24.5 Å². The van der Waals surface area contributed by atoms with E-state index < -0.39 is 43.0 Å². The van der Waals surface area contributed by atoms with Crippen molar-refractivity contribution >= 4 is 23.4 Å². The number of rotatable bonds is 13. The molecule has 2 aromatic carbocycles. The maximum Gasteiger partial charge on any atom is 0.573 e. The molecule has 1 heterocycles. The van der Waals surface area contributed by atoms with Crippen LogP contribution < -0.4 is 10.1 Å². The van der Waals surface area contributed by atoms with Gasteiger partial charge in [-0.3, -0.25) is 14.4 Å². The fourth-order valence-electron chi connectivity index (χ4n) is 6.97. The van der Waals surface area contributed by atoms with Crippen LogP contribution in [0.2, 0.25) is 0 Å². The highest BCUT2D eigenvalue weighted by Gasteiger charge is 2.31. The van der Waals surface area contributed by atoms with Gasteiger partial charge in [-0.25, -0.2) is 9.97 Å². The zero-order valence-electron chi connectivity index (χ0n) is 28.1. The summed E-state index contributed by atoms with van der Waals surface area (Å²) in [4.78, 5) is 47.1. The molecule has 12 heteroatoms. The lowest BCUT2D eigenvalue weighted by molar-refractivity contribution is -0.274. The monoisotopic (exact) mass is 692 g/mol. The Morgan fingerprint density at radius 3 is 2.14 bits per heavy atom. The summed E-state index contributed by atoms with van der Waals surface area (Å²) >= 11 is 0. The van der Waals surface area contributed by atoms with E-state index in [-0.39, 0.29) is 13.0 Å². The topological polar surface area (TPSA) is 122 Å². The van der Waals surface area contributed by atoms with Crippen LogP contribution in [0.4, 0.5) is 13.2 Å². The number of carbonyl (C=O) groups excluding carboxylic acids is 2. The van der Waals surface area contributed by atoms with Crippen molar-refractivity contribution in [3.8, 4) is 17.1 Å². The average molecular weight is 693 g/mol. The minimum absolute atomic E-state index is 0.00304. The van der Waals surface area contributed by atoms with Crippen molar-refractivity contribution in [2.75, 3.05) is 13.1 Å². The van der Waals surface area contributed by atoms with Gasteiger partial charge in [0.25, 0.3) is 0 Å². The molecule has 2 aliphatic rings. The molecule has 0 saturated heterocycles. The zero-order chi connectivity index (χ0) is 35.7. The Hall–Kier alpha value is -4.74. The number of carbonyl (C=O) groups is 3. The van der Waals surface area contributed by atoms with Gasteiger partial charge in [-0.15, -0.1) is 13.2 Å². The van der Waals surface area contributed by atoms with Gasteiger partial charge >= 0.3 is 12.3 Å². The maximum absolute atomic E-state index is 12.9. The molecule has 0 spiro atoms. The molecule has 3 aromatic rings. The van der Waals surface area contributed by atoms with Crippen molar-refractivity contribution in [2.45, 2.75) is 77.6 Å². The van der Waals surface area contributed by atoms with E-state index in [4.69, 9.17) is 0 Å². The number of allylic oxidation sites excluding steroid dienone is 2. The molecule has 0 aliphatic heterocycles. The van der Waals surface area contributed by atoms with Gasteiger partial charge in [0, 0.05) is 30.1 Å². The number of nitrogens with zero attached hydrogens (tertiary/aromatic N) is 3. The maximum atomic E-state index is 12.9. The predicted molar refractivity (Wildman–Crippen MR) is 181 cm³/mol. The van der Waals surface area contributed by atoms with Crippen LogP contribution in [0.25, 0.3) is 17.0 Å². The van der Waals surface area contributed by atoms with E-state index >= 15 is 0 Å². The minimum Gasteiger partial charge on any atom is -0.480 e. The summed E-state index contributed by atoms with van der Waals surface area (Å²) in [5, 5.41) is 11.8. The zero-order valence-corrected chi connectivity index (χ0v) is 28.1. The summed E-state index contributed by atoms with van der Waals surface area (Å²) in [6.45, 7) is 1.28. The third-order valence-electron chi connectivity index (χ3n) is 9.83. The van der Waals surface area contributed by atoms with Gasteiger partial charge < -0.3 is 20.1 Å². The standard InChI is InChI=1S/C38H43F3N4O5/c1-2-25-3-9-28(10-4-25)29-13-15-30(16-14-29)32-20-43-37(44-21-32)31-11-5-27(6-12-31)23-45(24-36(48)49)35(47)22-42-34(46)19-26-7-17-33(18-8-26)50-38(39,40)41/h5-8,11-12,15,17-18,20-21,25,28-29H,2-4,9-10,13-14,16,19,22-24H2,1H3,(H,42,46)(H,48,49)/t25-,28-,29?. The van der Waals surface area contributed by atoms with E-state index in [1.165, 1.54) is 56.2 Å². The fourth-order valence-corrected chi connectivity index (χ4v) is 6.97. The number of carboxylic acids is 1. The van der Waals surface area contributed by atoms with Gasteiger partial charge in [-0.1, -0.05) is 68.7 Å². The summed E-state index contributed by atoms with van der Waals surface area (Å²) in [7, 11) is 0. The Bertz CT molecular complexity index is 1630. The number of amides is 2. The molecule has 1 unspecified atom stereocenters. The summed E-state index contributed by atoms with van der Waals surface area (Å²) in [6.07, 6.45) is 11.3. The number of hydrogen-bond acceptors (Lipinski definition) is 6. The number of hydrogen-bond donors (Lipinski definition) is 2. The third kappa shape index (κ3) is 10.6. The molecule has 0 bridgehead atoms. The molecule has 1 saturated carbocycles. The van der Waals surface area contributed by atoms with Crippen molar-refractivity contribution in [2.24, 2.45) is 17.8 Å². The number of halogens is 3. The van der Waals surface area contributed by atoms with Crippen LogP contribution in [0.1, 0.15) is 75.0 Å². The lowest BCUT2D eigenvalue weighted by Crippen LogP contribution is -2.42. The highest BCUT2D eigenvalue weighted by molar-refractivity contribution is 5.87. The van der Waals surface area contributed by atoms with E-state index in [1.54, 1.807) is 12.1 Å². The molecule has 1 fully saturated rings. The summed E-state index contributed by atoms with van der Waals surface area (Å²) in [5.41, 5.74) is 4.21. The first kappa shape index (κ1) is 36.5. The van der Waals surface area contributed by atoms with Crippen molar-refractivity contribution < 1.29 is 37.4 Å².